The van der Waals surface area contributed by atoms with Crippen molar-refractivity contribution in [2.45, 2.75) is 75.4 Å². The Balaban J connectivity index is 1.28. The average molecular weight is 717 g/mol. The Morgan fingerprint density at radius 3 is 2.76 bits per heavy atom. The molecule has 7 rings (SSSR count). The number of ether oxygens (including phenoxy) is 2. The molecule has 2 heterocycles. The van der Waals surface area contributed by atoms with E-state index in [2.05, 4.69) is 37.5 Å². The molecule has 3 aliphatic carbocycles. The van der Waals surface area contributed by atoms with Gasteiger partial charge in [0.25, 0.3) is 11.8 Å². The number of hydrogen-bond donors (Lipinski definition) is 2. The Bertz CT molecular complexity index is 1800. The summed E-state index contributed by atoms with van der Waals surface area (Å²) in [6, 6.07) is 8.85. The van der Waals surface area contributed by atoms with Crippen molar-refractivity contribution in [2.75, 3.05) is 37.5 Å². The van der Waals surface area contributed by atoms with Gasteiger partial charge in [-0.1, -0.05) is 36.7 Å². The smallest absolute Gasteiger partial charge is 0.327 e. The molecule has 2 saturated carbocycles. The number of carbonyl (C=O) groups is 2. The molecule has 0 saturated heterocycles. The lowest BCUT2D eigenvalue weighted by molar-refractivity contribution is 0.0131. The molecule has 13 heteroatoms. The summed E-state index contributed by atoms with van der Waals surface area (Å²) in [7, 11) is -1.98. The Morgan fingerprint density at radius 1 is 1.20 bits per heavy atom. The largest absolute Gasteiger partial charge is 0.490 e. The molecule has 0 aromatic heterocycles. The van der Waals surface area contributed by atoms with Crippen molar-refractivity contribution in [3.63, 3.8) is 0 Å². The monoisotopic (exact) mass is 716 g/mol. The Labute approximate surface area is 291 Å². The Kier molecular flexibility index (Phi) is 9.19. The lowest BCUT2D eigenvalue weighted by Crippen LogP contribution is -2.49. The number of aryl methyl sites for hydroxylation is 1. The van der Waals surface area contributed by atoms with Gasteiger partial charge in [-0.2, -0.15) is 0 Å². The minimum absolute atomic E-state index is 0.112. The molecule has 7 atom stereocenters. The van der Waals surface area contributed by atoms with Crippen LogP contribution in [0.2, 0.25) is 5.02 Å². The molecule has 264 valence electrons. The topological polar surface area (TPSA) is 109 Å². The van der Waals surface area contributed by atoms with Crippen molar-refractivity contribution < 1.29 is 32.1 Å². The summed E-state index contributed by atoms with van der Waals surface area (Å²) in [4.78, 5) is 28.8. The van der Waals surface area contributed by atoms with E-state index in [0.717, 1.165) is 44.3 Å². The lowest BCUT2D eigenvalue weighted by Gasteiger charge is -2.46. The molecule has 2 aliphatic heterocycles. The van der Waals surface area contributed by atoms with Crippen LogP contribution in [-0.4, -0.2) is 66.8 Å². The fourth-order valence-corrected chi connectivity index (χ4v) is 10.1. The van der Waals surface area contributed by atoms with Gasteiger partial charge in [-0.25, -0.2) is 17.8 Å². The maximum Gasteiger partial charge on any atom is 0.327 e. The number of carbonyl (C=O) groups excluding carboxylic acids is 2. The molecule has 49 heavy (non-hydrogen) atoms. The molecule has 2 bridgehead atoms. The molecule has 1 spiro atoms. The van der Waals surface area contributed by atoms with Crippen LogP contribution in [0.4, 0.5) is 19.3 Å². The third-order valence-electron chi connectivity index (χ3n) is 10.9. The highest BCUT2D eigenvalue weighted by Gasteiger charge is 2.58. The molecule has 5 aliphatic rings. The van der Waals surface area contributed by atoms with E-state index in [0.29, 0.717) is 42.2 Å². The third-order valence-corrected chi connectivity index (χ3v) is 13.1. The number of methoxy groups -OCH3 is 1. The number of fused-ring (bicyclic) bond motifs is 4. The predicted octanol–water partition coefficient (Wildman–Crippen LogP) is 6.68. The first-order valence-electron chi connectivity index (χ1n) is 17.1. The van der Waals surface area contributed by atoms with E-state index in [4.69, 9.17) is 21.1 Å². The van der Waals surface area contributed by atoms with Crippen LogP contribution in [0.3, 0.4) is 0 Å². The van der Waals surface area contributed by atoms with E-state index in [9.17, 15) is 22.6 Å². The Hall–Kier alpha value is -3.22. The van der Waals surface area contributed by atoms with Crippen LogP contribution < -0.4 is 19.7 Å². The zero-order valence-electron chi connectivity index (χ0n) is 27.8. The molecule has 2 fully saturated rings. The molecule has 0 radical (unpaired) electrons. The second-order valence-electron chi connectivity index (χ2n) is 14.6. The summed E-state index contributed by atoms with van der Waals surface area (Å²) in [6.07, 6.45) is 8.90. The van der Waals surface area contributed by atoms with Crippen LogP contribution in [0.25, 0.3) is 0 Å². The average Bonchev–Trinajstić information content (AvgIpc) is 3.67. The van der Waals surface area contributed by atoms with E-state index in [1.807, 2.05) is 19.1 Å². The van der Waals surface area contributed by atoms with Gasteiger partial charge in [-0.15, -0.1) is 4.36 Å². The van der Waals surface area contributed by atoms with E-state index in [1.165, 1.54) is 11.1 Å². The van der Waals surface area contributed by atoms with Crippen LogP contribution in [0, 0.1) is 17.8 Å². The molecule has 2 aromatic carbocycles. The number of allylic oxidation sites excluding steroid dienone is 1. The summed E-state index contributed by atoms with van der Waals surface area (Å²) in [5, 5.41) is 2.88. The van der Waals surface area contributed by atoms with E-state index >= 15 is 0 Å². The standard InChI is InChI=1S/C36H43ClF2N4O5S/c1-22-5-3-7-30(47-2)27-11-8-25(27)18-43-20-35(14-4-6-23-15-26(37)10-12-28(23)35)21-48-31-13-9-24(16-29(31)43)33(44)41-49(46,19-22)42-34(45)40-32-17-36(32,38)39/h3,7,9-10,12-13,15-16,22,25,27,30,32H,4-6,8,11,14,17-21H2,1-2H3,(H2,40,41,42,44,45,46)/b7-3-/t22-,25-,27+,30-,32-,35-,49?/m0/s1. The second kappa shape index (κ2) is 13.2. The van der Waals surface area contributed by atoms with E-state index in [-0.39, 0.29) is 28.8 Å². The summed E-state index contributed by atoms with van der Waals surface area (Å²) < 4.78 is 60.2. The number of hydrogen-bond acceptors (Lipinski definition) is 6. The minimum atomic E-state index is -3.70. The number of halogens is 3. The van der Waals surface area contributed by atoms with Gasteiger partial charge < -0.3 is 19.7 Å². The van der Waals surface area contributed by atoms with Crippen LogP contribution in [-0.2, 0) is 26.5 Å². The maximum absolute atomic E-state index is 14.2. The van der Waals surface area contributed by atoms with Gasteiger partial charge in [-0.05, 0) is 97.7 Å². The highest BCUT2D eigenvalue weighted by molar-refractivity contribution is 7.92. The normalized spacial score (nSPS) is 34.2. The number of amides is 3. The number of anilines is 1. The molecule has 2 N–H and O–H groups in total. The van der Waals surface area contributed by atoms with E-state index < -0.39 is 40.2 Å². The maximum atomic E-state index is 14.2. The SMILES string of the molecule is CO[C@H]1/C=C\C[C@H](C)CS(=O)(NC(=O)N[C@H]2CC2(F)F)=NC(=O)c2ccc3c(c2)N(C[C@@H]2CC[C@H]21)C[C@@]1(CCCc2cc(Cl)ccc21)CO3. The van der Waals surface area contributed by atoms with Crippen molar-refractivity contribution in [1.82, 2.24) is 10.0 Å². The molecule has 9 nitrogen and oxygen atoms in total. The van der Waals surface area contributed by atoms with Gasteiger partial charge in [0.05, 0.1) is 24.2 Å². The van der Waals surface area contributed by atoms with Crippen molar-refractivity contribution in [3.05, 3.63) is 70.3 Å². The van der Waals surface area contributed by atoms with Gasteiger partial charge in [-0.3, -0.25) is 9.52 Å². The molecule has 3 amide bonds. The summed E-state index contributed by atoms with van der Waals surface area (Å²) in [6.45, 7) is 3.71. The highest BCUT2D eigenvalue weighted by Crippen LogP contribution is 2.47. The van der Waals surface area contributed by atoms with Crippen molar-refractivity contribution in [1.29, 1.82) is 0 Å². The zero-order chi connectivity index (χ0) is 34.6. The van der Waals surface area contributed by atoms with Crippen LogP contribution in [0.1, 0.15) is 66.9 Å². The number of nitrogens with one attached hydrogen (secondary N) is 2. The first kappa shape index (κ1) is 34.2. The van der Waals surface area contributed by atoms with Crippen LogP contribution in [0.15, 0.2) is 52.9 Å². The summed E-state index contributed by atoms with van der Waals surface area (Å²) in [5.41, 5.74) is 3.12. The van der Waals surface area contributed by atoms with Crippen LogP contribution in [0.5, 0.6) is 5.75 Å². The predicted molar refractivity (Wildman–Crippen MR) is 185 cm³/mol. The minimum Gasteiger partial charge on any atom is -0.490 e. The van der Waals surface area contributed by atoms with Crippen molar-refractivity contribution in [3.8, 4) is 5.75 Å². The third kappa shape index (κ3) is 7.05. The molecule has 1 unspecified atom stereocenters. The Morgan fingerprint density at radius 2 is 2.02 bits per heavy atom. The van der Waals surface area contributed by atoms with Crippen molar-refractivity contribution >= 4 is 39.1 Å². The van der Waals surface area contributed by atoms with Crippen LogP contribution >= 0.6 is 11.6 Å². The summed E-state index contributed by atoms with van der Waals surface area (Å²) in [5.74, 6) is -2.89. The number of alkyl halides is 2. The lowest BCUT2D eigenvalue weighted by atomic mass is 9.68. The van der Waals surface area contributed by atoms with Gasteiger partial charge in [0.2, 0.25) is 0 Å². The van der Waals surface area contributed by atoms with Gasteiger partial charge >= 0.3 is 6.03 Å². The number of urea groups is 1. The molecular weight excluding hydrogens is 674 g/mol. The fourth-order valence-electron chi connectivity index (χ4n) is 8.07. The fraction of sp³-hybridized carbons (Fsp3) is 0.556. The first-order chi connectivity index (χ1) is 23.4. The first-order valence-corrected chi connectivity index (χ1v) is 19.2. The number of nitrogens with zero attached hydrogens (tertiary/aromatic N) is 2. The van der Waals surface area contributed by atoms with Gasteiger partial charge in [0.1, 0.15) is 21.7 Å². The van der Waals surface area contributed by atoms with E-state index in [1.54, 1.807) is 25.3 Å². The van der Waals surface area contributed by atoms with Crippen molar-refractivity contribution in [2.24, 2.45) is 22.1 Å². The molecular formula is C36H43ClF2N4O5S. The number of rotatable bonds is 3. The molecule has 2 aromatic rings. The van der Waals surface area contributed by atoms with Gasteiger partial charge in [0, 0.05) is 42.6 Å². The number of benzene rings is 2. The zero-order valence-corrected chi connectivity index (χ0v) is 29.3. The summed E-state index contributed by atoms with van der Waals surface area (Å²) >= 11 is 6.42. The quantitative estimate of drug-likeness (QED) is 0.343. The van der Waals surface area contributed by atoms with Gasteiger partial charge in [0.15, 0.2) is 0 Å². The second-order valence-corrected chi connectivity index (χ2v) is 17.0. The highest BCUT2D eigenvalue weighted by atomic mass is 35.5.